The van der Waals surface area contributed by atoms with Crippen LogP contribution in [0.15, 0.2) is 84.9 Å². The Kier molecular flexibility index (Phi) is 6.14. The van der Waals surface area contributed by atoms with Crippen molar-refractivity contribution in [1.82, 2.24) is 0 Å². The van der Waals surface area contributed by atoms with E-state index in [1.165, 1.54) is 0 Å². The molecular weight excluding hydrogens is 352 g/mol. The molecule has 0 aromatic heterocycles. The van der Waals surface area contributed by atoms with Gasteiger partial charge in [-0.05, 0) is 40.6 Å². The van der Waals surface area contributed by atoms with Crippen molar-refractivity contribution in [2.45, 2.75) is 6.92 Å². The number of rotatable bonds is 2. The van der Waals surface area contributed by atoms with Crippen molar-refractivity contribution in [1.29, 1.82) is 0 Å². The quantitative estimate of drug-likeness (QED) is 0.398. The first-order valence-electron chi connectivity index (χ1n) is 8.98. The third-order valence-corrected chi connectivity index (χ3v) is 4.20. The zero-order valence-corrected chi connectivity index (χ0v) is 15.5. The molecule has 0 saturated carbocycles. The minimum absolute atomic E-state index is 0.250. The van der Waals surface area contributed by atoms with E-state index in [0.29, 0.717) is 11.1 Å². The lowest BCUT2D eigenvalue weighted by Gasteiger charge is -2.08. The molecule has 140 valence electrons. The predicted octanol–water partition coefficient (Wildman–Crippen LogP) is 4.99. The van der Waals surface area contributed by atoms with Gasteiger partial charge < -0.3 is 9.84 Å². The number of esters is 2. The van der Waals surface area contributed by atoms with Crippen LogP contribution in [0, 0.1) is 0 Å². The number of carbonyl (C=O) groups is 2. The number of hydrogen-bond donors (Lipinski definition) is 1. The highest BCUT2D eigenvalue weighted by Gasteiger charge is 2.18. The Morgan fingerprint density at radius 2 is 1.04 bits per heavy atom. The summed E-state index contributed by atoms with van der Waals surface area (Å²) >= 11 is 0. The molecule has 0 fully saturated rings. The summed E-state index contributed by atoms with van der Waals surface area (Å²) in [6.07, 6.45) is 0. The Balaban J connectivity index is 0.000000706. The van der Waals surface area contributed by atoms with E-state index in [0.717, 1.165) is 21.5 Å². The molecule has 0 spiro atoms. The van der Waals surface area contributed by atoms with Crippen LogP contribution < -0.4 is 0 Å². The molecule has 4 aromatic rings. The lowest BCUT2D eigenvalue weighted by Crippen LogP contribution is -2.13. The van der Waals surface area contributed by atoms with Crippen LogP contribution >= 0.6 is 0 Å². The Labute approximate surface area is 163 Å². The number of ether oxygens (including phenoxy) is 1. The molecule has 1 N–H and O–H groups in total. The molecule has 4 nitrogen and oxygen atoms in total. The zero-order chi connectivity index (χ0) is 19.9. The first-order valence-corrected chi connectivity index (χ1v) is 8.98. The fourth-order valence-electron chi connectivity index (χ4n) is 3.00. The molecule has 4 heteroatoms. The number of fused-ring (bicyclic) bond motifs is 2. The number of aliphatic hydroxyl groups is 1. The second kappa shape index (κ2) is 8.93. The smallest absolute Gasteiger partial charge is 0.346 e. The fraction of sp³-hybridized carbons (Fsp3) is 0.0833. The number of carbonyl (C=O) groups excluding carboxylic acids is 2. The largest absolute Gasteiger partial charge is 0.397 e. The van der Waals surface area contributed by atoms with E-state index in [2.05, 4.69) is 0 Å². The van der Waals surface area contributed by atoms with Gasteiger partial charge in [0.2, 0.25) is 0 Å². The average Bonchev–Trinajstić information content (AvgIpc) is 2.73. The summed E-state index contributed by atoms with van der Waals surface area (Å²) in [5.41, 5.74) is 0.762. The van der Waals surface area contributed by atoms with Gasteiger partial charge in [-0.15, -0.1) is 0 Å². The second-order valence-electron chi connectivity index (χ2n) is 6.05. The molecule has 0 unspecified atom stereocenters. The molecular formula is C24H20O4. The highest BCUT2D eigenvalue weighted by Crippen LogP contribution is 2.22. The van der Waals surface area contributed by atoms with Gasteiger partial charge in [-0.2, -0.15) is 0 Å². The predicted molar refractivity (Wildman–Crippen MR) is 110 cm³/mol. The molecule has 0 aliphatic heterocycles. The third-order valence-electron chi connectivity index (χ3n) is 4.20. The molecule has 4 aromatic carbocycles. The summed E-state index contributed by atoms with van der Waals surface area (Å²) in [7, 11) is 0. The molecule has 0 aliphatic carbocycles. The number of aliphatic hydroxyl groups excluding tert-OH is 1. The Morgan fingerprint density at radius 1 is 0.679 bits per heavy atom. The molecule has 0 amide bonds. The standard InChI is InChI=1S/C22H14O3.C2H6O/c23-21(19-13-5-9-15-7-1-3-11-17(15)19)25-22(24)20-14-6-10-16-8-2-4-12-18(16)20;1-2-3/h1-14H;3H,2H2,1H3. The van der Waals surface area contributed by atoms with E-state index in [9.17, 15) is 9.59 Å². The number of benzene rings is 4. The van der Waals surface area contributed by atoms with E-state index in [1.807, 2.05) is 60.7 Å². The van der Waals surface area contributed by atoms with E-state index < -0.39 is 11.9 Å². The SMILES string of the molecule is CCO.O=C(OC(=O)c1cccc2ccccc12)c1cccc2ccccc12. The van der Waals surface area contributed by atoms with Crippen LogP contribution in [0.2, 0.25) is 0 Å². The van der Waals surface area contributed by atoms with Crippen LogP contribution in [-0.4, -0.2) is 23.7 Å². The molecule has 0 heterocycles. The maximum atomic E-state index is 12.5. The molecule has 0 aliphatic rings. The van der Waals surface area contributed by atoms with Gasteiger partial charge in [0, 0.05) is 6.61 Å². The Morgan fingerprint density at radius 3 is 1.46 bits per heavy atom. The van der Waals surface area contributed by atoms with E-state index in [1.54, 1.807) is 31.2 Å². The normalized spacial score (nSPS) is 10.2. The monoisotopic (exact) mass is 372 g/mol. The van der Waals surface area contributed by atoms with Gasteiger partial charge in [-0.1, -0.05) is 72.8 Å². The first kappa shape index (κ1) is 19.3. The van der Waals surface area contributed by atoms with Gasteiger partial charge in [0.05, 0.1) is 11.1 Å². The van der Waals surface area contributed by atoms with E-state index in [4.69, 9.17) is 9.84 Å². The first-order chi connectivity index (χ1) is 13.7. The van der Waals surface area contributed by atoms with Gasteiger partial charge in [0.1, 0.15) is 0 Å². The van der Waals surface area contributed by atoms with Crippen LogP contribution in [0.3, 0.4) is 0 Å². The fourth-order valence-corrected chi connectivity index (χ4v) is 3.00. The summed E-state index contributed by atoms with van der Waals surface area (Å²) in [4.78, 5) is 25.1. The third kappa shape index (κ3) is 4.08. The van der Waals surface area contributed by atoms with Crippen molar-refractivity contribution >= 4 is 33.5 Å². The summed E-state index contributed by atoms with van der Waals surface area (Å²) in [5.74, 6) is -1.29. The molecule has 0 bridgehead atoms. The highest BCUT2D eigenvalue weighted by molar-refractivity contribution is 6.12. The zero-order valence-electron chi connectivity index (χ0n) is 15.5. The van der Waals surface area contributed by atoms with Gasteiger partial charge in [0.15, 0.2) is 0 Å². The van der Waals surface area contributed by atoms with Crippen molar-refractivity contribution in [2.75, 3.05) is 6.61 Å². The van der Waals surface area contributed by atoms with Crippen LogP contribution in [0.1, 0.15) is 27.6 Å². The summed E-state index contributed by atoms with van der Waals surface area (Å²) in [5, 5.41) is 10.9. The minimum Gasteiger partial charge on any atom is -0.397 e. The van der Waals surface area contributed by atoms with Gasteiger partial charge in [-0.25, -0.2) is 9.59 Å². The van der Waals surface area contributed by atoms with E-state index >= 15 is 0 Å². The topological polar surface area (TPSA) is 63.6 Å². The minimum atomic E-state index is -0.644. The van der Waals surface area contributed by atoms with Gasteiger partial charge >= 0.3 is 11.9 Å². The van der Waals surface area contributed by atoms with Crippen molar-refractivity contribution in [3.05, 3.63) is 96.1 Å². The van der Waals surface area contributed by atoms with E-state index in [-0.39, 0.29) is 6.61 Å². The second-order valence-corrected chi connectivity index (χ2v) is 6.05. The lowest BCUT2D eigenvalue weighted by molar-refractivity contribution is 0.0400. The Bertz CT molecular complexity index is 1030. The molecule has 0 atom stereocenters. The maximum Gasteiger partial charge on any atom is 0.346 e. The van der Waals surface area contributed by atoms with Crippen molar-refractivity contribution in [3.8, 4) is 0 Å². The average molecular weight is 372 g/mol. The van der Waals surface area contributed by atoms with Gasteiger partial charge in [0.25, 0.3) is 0 Å². The summed E-state index contributed by atoms with van der Waals surface area (Å²) < 4.78 is 5.16. The molecule has 0 saturated heterocycles. The molecule has 28 heavy (non-hydrogen) atoms. The van der Waals surface area contributed by atoms with Crippen molar-refractivity contribution in [3.63, 3.8) is 0 Å². The highest BCUT2D eigenvalue weighted by atomic mass is 16.6. The van der Waals surface area contributed by atoms with Crippen LogP contribution in [0.4, 0.5) is 0 Å². The summed E-state index contributed by atoms with van der Waals surface area (Å²) in [6, 6.07) is 25.7. The lowest BCUT2D eigenvalue weighted by atomic mass is 10.0. The van der Waals surface area contributed by atoms with Crippen LogP contribution in [0.25, 0.3) is 21.5 Å². The van der Waals surface area contributed by atoms with Crippen LogP contribution in [0.5, 0.6) is 0 Å². The van der Waals surface area contributed by atoms with Gasteiger partial charge in [-0.3, -0.25) is 0 Å². The van der Waals surface area contributed by atoms with Crippen molar-refractivity contribution in [2.24, 2.45) is 0 Å². The number of hydrogen-bond acceptors (Lipinski definition) is 4. The van der Waals surface area contributed by atoms with Crippen LogP contribution in [-0.2, 0) is 4.74 Å². The maximum absolute atomic E-state index is 12.5. The molecule has 0 radical (unpaired) electrons. The Hall–Kier alpha value is -3.50. The summed E-state index contributed by atoms with van der Waals surface area (Å²) in [6.45, 7) is 1.93. The van der Waals surface area contributed by atoms with Crippen molar-refractivity contribution < 1.29 is 19.4 Å². The molecule has 4 rings (SSSR count).